The summed E-state index contributed by atoms with van der Waals surface area (Å²) in [4.78, 5) is 0. The molecule has 68 valence electrons. The third-order valence-corrected chi connectivity index (χ3v) is 2.07. The molecule has 0 saturated heterocycles. The SMILES string of the molecule is C[n+]1cccc(-c2cnsn2)c1.[I-]. The van der Waals surface area contributed by atoms with Crippen LogP contribution in [0.3, 0.4) is 0 Å². The molecule has 5 heteroatoms. The van der Waals surface area contributed by atoms with Crippen LogP contribution in [0, 0.1) is 0 Å². The highest BCUT2D eigenvalue weighted by Crippen LogP contribution is 2.13. The van der Waals surface area contributed by atoms with Crippen molar-refractivity contribution in [2.75, 3.05) is 0 Å². The number of nitrogens with zero attached hydrogens (tertiary/aromatic N) is 3. The van der Waals surface area contributed by atoms with E-state index in [1.54, 1.807) is 6.20 Å². The van der Waals surface area contributed by atoms with Crippen LogP contribution >= 0.6 is 11.7 Å². The summed E-state index contributed by atoms with van der Waals surface area (Å²) in [5.74, 6) is 0. The standard InChI is InChI=1S/C8H8N3S.HI/c1-11-4-2-3-7(6-11)8-5-9-12-10-8;/h2-6H,1H3;1H/q+1;/p-1. The summed E-state index contributed by atoms with van der Waals surface area (Å²) in [6, 6.07) is 4.02. The molecule has 2 rings (SSSR count). The van der Waals surface area contributed by atoms with Crippen molar-refractivity contribution in [3.05, 3.63) is 30.7 Å². The molecule has 0 fully saturated rings. The van der Waals surface area contributed by atoms with Crippen LogP contribution < -0.4 is 28.5 Å². The van der Waals surface area contributed by atoms with Gasteiger partial charge in [0.2, 0.25) is 0 Å². The summed E-state index contributed by atoms with van der Waals surface area (Å²) >= 11 is 1.23. The maximum atomic E-state index is 4.14. The Morgan fingerprint density at radius 1 is 1.46 bits per heavy atom. The van der Waals surface area contributed by atoms with Gasteiger partial charge in [-0.3, -0.25) is 0 Å². The Kier molecular flexibility index (Phi) is 3.73. The highest BCUT2D eigenvalue weighted by Gasteiger charge is 2.03. The maximum absolute atomic E-state index is 4.14. The Bertz CT molecular complexity index is 375. The average Bonchev–Trinajstić information content (AvgIpc) is 2.56. The van der Waals surface area contributed by atoms with Gasteiger partial charge in [0, 0.05) is 6.07 Å². The van der Waals surface area contributed by atoms with Crippen molar-refractivity contribution in [2.24, 2.45) is 7.05 Å². The maximum Gasteiger partial charge on any atom is 0.178 e. The van der Waals surface area contributed by atoms with Gasteiger partial charge in [-0.05, 0) is 6.07 Å². The van der Waals surface area contributed by atoms with Crippen molar-refractivity contribution >= 4 is 11.7 Å². The van der Waals surface area contributed by atoms with Crippen molar-refractivity contribution in [1.29, 1.82) is 0 Å². The molecule has 0 atom stereocenters. The zero-order chi connectivity index (χ0) is 8.39. The lowest BCUT2D eigenvalue weighted by atomic mass is 10.2. The minimum atomic E-state index is 0. The second-order valence-corrected chi connectivity index (χ2v) is 3.11. The van der Waals surface area contributed by atoms with Crippen molar-refractivity contribution in [3.63, 3.8) is 0 Å². The van der Waals surface area contributed by atoms with Gasteiger partial charge in [0.15, 0.2) is 12.4 Å². The molecule has 0 aliphatic carbocycles. The predicted octanol–water partition coefficient (Wildman–Crippen LogP) is -1.97. The van der Waals surface area contributed by atoms with Crippen LogP contribution in [0.1, 0.15) is 0 Å². The quantitative estimate of drug-likeness (QED) is 0.452. The summed E-state index contributed by atoms with van der Waals surface area (Å²) in [6.07, 6.45) is 5.79. The lowest BCUT2D eigenvalue weighted by Gasteiger charge is -1.91. The van der Waals surface area contributed by atoms with Gasteiger partial charge >= 0.3 is 0 Å². The molecule has 0 aliphatic heterocycles. The molecule has 2 heterocycles. The molecule has 0 N–H and O–H groups in total. The zero-order valence-electron chi connectivity index (χ0n) is 7.01. The van der Waals surface area contributed by atoms with Crippen LogP contribution in [0.5, 0.6) is 0 Å². The fourth-order valence-corrected chi connectivity index (χ4v) is 1.47. The van der Waals surface area contributed by atoms with E-state index < -0.39 is 0 Å². The first-order valence-electron chi connectivity index (χ1n) is 3.59. The summed E-state index contributed by atoms with van der Waals surface area (Å²) in [5.41, 5.74) is 2.05. The third kappa shape index (κ3) is 2.44. The first-order valence-corrected chi connectivity index (χ1v) is 4.32. The van der Waals surface area contributed by atoms with Gasteiger partial charge in [0.25, 0.3) is 0 Å². The molecule has 0 spiro atoms. The van der Waals surface area contributed by atoms with E-state index in [-0.39, 0.29) is 24.0 Å². The van der Waals surface area contributed by atoms with E-state index in [1.165, 1.54) is 11.7 Å². The van der Waals surface area contributed by atoms with E-state index >= 15 is 0 Å². The van der Waals surface area contributed by atoms with Crippen LogP contribution in [0.4, 0.5) is 0 Å². The topological polar surface area (TPSA) is 29.7 Å². The van der Waals surface area contributed by atoms with E-state index in [2.05, 4.69) is 8.75 Å². The predicted molar refractivity (Wildman–Crippen MR) is 46.5 cm³/mol. The van der Waals surface area contributed by atoms with Crippen molar-refractivity contribution in [3.8, 4) is 11.3 Å². The number of halogens is 1. The van der Waals surface area contributed by atoms with Gasteiger partial charge in [0.1, 0.15) is 12.7 Å². The largest absolute Gasteiger partial charge is 1.00 e. The number of pyridine rings is 1. The zero-order valence-corrected chi connectivity index (χ0v) is 9.99. The lowest BCUT2D eigenvalue weighted by molar-refractivity contribution is -0.671. The Morgan fingerprint density at radius 2 is 2.31 bits per heavy atom. The fraction of sp³-hybridized carbons (Fsp3) is 0.125. The van der Waals surface area contributed by atoms with Crippen LogP contribution in [0.25, 0.3) is 11.3 Å². The minimum absolute atomic E-state index is 0. The monoisotopic (exact) mass is 305 g/mol. The molecule has 2 aromatic heterocycles. The van der Waals surface area contributed by atoms with E-state index in [1.807, 2.05) is 36.1 Å². The van der Waals surface area contributed by atoms with Crippen molar-refractivity contribution in [2.45, 2.75) is 0 Å². The van der Waals surface area contributed by atoms with Crippen LogP contribution in [0.2, 0.25) is 0 Å². The Hall–Kier alpha value is -0.560. The minimum Gasteiger partial charge on any atom is -1.00 e. The van der Waals surface area contributed by atoms with Crippen LogP contribution in [-0.4, -0.2) is 8.75 Å². The number of aromatic nitrogens is 3. The molecule has 13 heavy (non-hydrogen) atoms. The normalized spacial score (nSPS) is 9.31. The van der Waals surface area contributed by atoms with Crippen LogP contribution in [0.15, 0.2) is 30.7 Å². The van der Waals surface area contributed by atoms with Gasteiger partial charge in [-0.25, -0.2) is 4.57 Å². The summed E-state index contributed by atoms with van der Waals surface area (Å²) in [7, 11) is 1.99. The molecular weight excluding hydrogens is 297 g/mol. The first-order chi connectivity index (χ1) is 5.86. The second kappa shape index (κ2) is 4.61. The molecule has 0 bridgehead atoms. The molecule has 0 amide bonds. The Morgan fingerprint density at radius 3 is 2.92 bits per heavy atom. The average molecular weight is 305 g/mol. The number of hydrogen-bond acceptors (Lipinski definition) is 3. The van der Waals surface area contributed by atoms with E-state index in [0.29, 0.717) is 0 Å². The van der Waals surface area contributed by atoms with Crippen molar-refractivity contribution in [1.82, 2.24) is 8.75 Å². The molecule has 2 aromatic rings. The molecule has 0 aromatic carbocycles. The highest BCUT2D eigenvalue weighted by molar-refractivity contribution is 6.99. The molecule has 0 aliphatic rings. The Balaban J connectivity index is 0.000000845. The summed E-state index contributed by atoms with van der Waals surface area (Å²) in [6.45, 7) is 0. The van der Waals surface area contributed by atoms with Crippen molar-refractivity contribution < 1.29 is 28.5 Å². The van der Waals surface area contributed by atoms with Gasteiger partial charge in [0.05, 0.1) is 23.5 Å². The highest BCUT2D eigenvalue weighted by atomic mass is 127. The summed E-state index contributed by atoms with van der Waals surface area (Å²) in [5, 5.41) is 0. The van der Waals surface area contributed by atoms with E-state index in [9.17, 15) is 0 Å². The van der Waals surface area contributed by atoms with Gasteiger partial charge in [-0.2, -0.15) is 8.75 Å². The summed E-state index contributed by atoms with van der Waals surface area (Å²) < 4.78 is 10.1. The Labute approximate surface area is 97.8 Å². The van der Waals surface area contributed by atoms with E-state index in [4.69, 9.17) is 0 Å². The number of rotatable bonds is 1. The molecule has 3 nitrogen and oxygen atoms in total. The van der Waals surface area contributed by atoms with Crippen LogP contribution in [-0.2, 0) is 7.05 Å². The first kappa shape index (κ1) is 10.5. The van der Waals surface area contributed by atoms with Gasteiger partial charge < -0.3 is 24.0 Å². The molecule has 0 saturated carbocycles. The second-order valence-electron chi connectivity index (χ2n) is 2.55. The number of aryl methyl sites for hydroxylation is 1. The lowest BCUT2D eigenvalue weighted by Crippen LogP contribution is -3.00. The smallest absolute Gasteiger partial charge is 0.178 e. The van der Waals surface area contributed by atoms with E-state index in [0.717, 1.165) is 11.3 Å². The van der Waals surface area contributed by atoms with Gasteiger partial charge in [-0.1, -0.05) is 0 Å². The molecule has 0 radical (unpaired) electrons. The van der Waals surface area contributed by atoms with Gasteiger partial charge in [-0.15, -0.1) is 0 Å². The fourth-order valence-electron chi connectivity index (χ4n) is 1.03. The number of hydrogen-bond donors (Lipinski definition) is 0. The molecular formula is C8H8IN3S. The molecule has 0 unspecified atom stereocenters. The third-order valence-electron chi connectivity index (χ3n) is 1.60.